The molecule has 3 aromatic rings. The molecule has 4 rings (SSSR count). The summed E-state index contributed by atoms with van der Waals surface area (Å²) in [5, 5.41) is 7.92. The van der Waals surface area contributed by atoms with Gasteiger partial charge < -0.3 is 10.1 Å². The maximum absolute atomic E-state index is 13.2. The van der Waals surface area contributed by atoms with Gasteiger partial charge in [-0.05, 0) is 61.4 Å². The topological polar surface area (TPSA) is 56.1 Å². The van der Waals surface area contributed by atoms with Crippen LogP contribution in [-0.2, 0) is 11.2 Å². The van der Waals surface area contributed by atoms with Crippen molar-refractivity contribution in [3.05, 3.63) is 70.6 Å². The monoisotopic (exact) mass is 385 g/mol. The number of halogens is 2. The van der Waals surface area contributed by atoms with Crippen molar-refractivity contribution in [1.82, 2.24) is 9.78 Å². The third kappa shape index (κ3) is 3.66. The van der Waals surface area contributed by atoms with Crippen LogP contribution in [0.25, 0.3) is 5.69 Å². The fourth-order valence-electron chi connectivity index (χ4n) is 3.13. The van der Waals surface area contributed by atoms with Crippen molar-refractivity contribution < 1.29 is 13.9 Å². The minimum absolute atomic E-state index is 0.163. The molecule has 1 aromatic heterocycles. The van der Waals surface area contributed by atoms with E-state index in [-0.39, 0.29) is 17.6 Å². The first kappa shape index (κ1) is 17.5. The Morgan fingerprint density at radius 2 is 2.04 bits per heavy atom. The zero-order valence-electron chi connectivity index (χ0n) is 14.6. The first-order valence-electron chi connectivity index (χ1n) is 8.54. The molecule has 1 unspecified atom stereocenters. The standard InChI is InChI=1S/C20H17ClFN3O2/c1-12-8-19(25(24-12)17-5-3-16(22)4-6-17)23-20(26)14-9-13-10-15(21)2-7-18(13)27-11-14/h2-8,10,14H,9,11H2,1H3,(H,23,26). The summed E-state index contributed by atoms with van der Waals surface area (Å²) in [7, 11) is 0. The maximum atomic E-state index is 13.2. The van der Waals surface area contributed by atoms with Gasteiger partial charge in [-0.1, -0.05) is 11.6 Å². The molecular formula is C20H17ClFN3O2. The highest BCUT2D eigenvalue weighted by molar-refractivity contribution is 6.30. The lowest BCUT2D eigenvalue weighted by atomic mass is 9.96. The second-order valence-electron chi connectivity index (χ2n) is 6.51. The number of ether oxygens (including phenoxy) is 1. The molecule has 0 fully saturated rings. The van der Waals surface area contributed by atoms with Gasteiger partial charge in [-0.25, -0.2) is 9.07 Å². The van der Waals surface area contributed by atoms with Crippen molar-refractivity contribution in [2.45, 2.75) is 13.3 Å². The van der Waals surface area contributed by atoms with Gasteiger partial charge >= 0.3 is 0 Å². The highest BCUT2D eigenvalue weighted by Gasteiger charge is 2.27. The quantitative estimate of drug-likeness (QED) is 0.736. The second-order valence-corrected chi connectivity index (χ2v) is 6.95. The zero-order chi connectivity index (χ0) is 19.0. The molecule has 5 nitrogen and oxygen atoms in total. The van der Waals surface area contributed by atoms with Crippen LogP contribution in [0.4, 0.5) is 10.2 Å². The Kier molecular flexibility index (Phi) is 4.58. The maximum Gasteiger partial charge on any atom is 0.232 e. The summed E-state index contributed by atoms with van der Waals surface area (Å²) in [5.41, 5.74) is 2.32. The van der Waals surface area contributed by atoms with E-state index >= 15 is 0 Å². The Labute approximate surface area is 160 Å². The minimum Gasteiger partial charge on any atom is -0.492 e. The van der Waals surface area contributed by atoms with Crippen molar-refractivity contribution in [2.75, 3.05) is 11.9 Å². The van der Waals surface area contributed by atoms with Gasteiger partial charge in [0, 0.05) is 11.1 Å². The van der Waals surface area contributed by atoms with Gasteiger partial charge in [-0.2, -0.15) is 5.10 Å². The van der Waals surface area contributed by atoms with Crippen LogP contribution in [0.1, 0.15) is 11.3 Å². The Bertz CT molecular complexity index is 1000. The Balaban J connectivity index is 1.55. The summed E-state index contributed by atoms with van der Waals surface area (Å²) in [4.78, 5) is 12.8. The number of nitrogens with zero attached hydrogens (tertiary/aromatic N) is 2. The van der Waals surface area contributed by atoms with Crippen LogP contribution in [0.3, 0.4) is 0 Å². The molecule has 0 radical (unpaired) electrons. The van der Waals surface area contributed by atoms with Gasteiger partial charge in [0.25, 0.3) is 0 Å². The van der Waals surface area contributed by atoms with Crippen molar-refractivity contribution in [1.29, 1.82) is 0 Å². The fraction of sp³-hybridized carbons (Fsp3) is 0.200. The smallest absolute Gasteiger partial charge is 0.232 e. The minimum atomic E-state index is -0.340. The number of hydrogen-bond donors (Lipinski definition) is 1. The number of carbonyl (C=O) groups is 1. The number of aromatic nitrogens is 2. The molecule has 0 saturated carbocycles. The molecule has 1 atom stereocenters. The van der Waals surface area contributed by atoms with Crippen LogP contribution in [0.5, 0.6) is 5.75 Å². The molecule has 7 heteroatoms. The number of aryl methyl sites for hydroxylation is 1. The molecule has 2 heterocycles. The molecule has 1 aliphatic heterocycles. The molecule has 1 N–H and O–H groups in total. The third-order valence-electron chi connectivity index (χ3n) is 4.45. The van der Waals surface area contributed by atoms with Gasteiger partial charge in [0.05, 0.1) is 17.3 Å². The van der Waals surface area contributed by atoms with Gasteiger partial charge in [0.2, 0.25) is 5.91 Å². The number of amides is 1. The number of anilines is 1. The van der Waals surface area contributed by atoms with Gasteiger partial charge in [0.15, 0.2) is 0 Å². The molecule has 1 amide bonds. The van der Waals surface area contributed by atoms with Crippen molar-refractivity contribution >= 4 is 23.3 Å². The predicted molar refractivity (Wildman–Crippen MR) is 101 cm³/mol. The summed E-state index contributed by atoms with van der Waals surface area (Å²) in [6.07, 6.45) is 0.547. The van der Waals surface area contributed by atoms with Gasteiger partial charge in [-0.3, -0.25) is 4.79 Å². The SMILES string of the molecule is Cc1cc(NC(=O)C2COc3ccc(Cl)cc3C2)n(-c2ccc(F)cc2)n1. The van der Waals surface area contributed by atoms with E-state index in [2.05, 4.69) is 10.4 Å². The van der Waals surface area contributed by atoms with Gasteiger partial charge in [0.1, 0.15) is 24.0 Å². The van der Waals surface area contributed by atoms with Crippen LogP contribution in [0.2, 0.25) is 5.02 Å². The number of carbonyl (C=O) groups excluding carboxylic acids is 1. The number of nitrogens with one attached hydrogen (secondary N) is 1. The molecule has 138 valence electrons. The summed E-state index contributed by atoms with van der Waals surface area (Å²) in [5.74, 6) is 0.457. The largest absolute Gasteiger partial charge is 0.492 e. The summed E-state index contributed by atoms with van der Waals surface area (Å²) >= 11 is 6.04. The Morgan fingerprint density at radius 1 is 1.26 bits per heavy atom. The fourth-order valence-corrected chi connectivity index (χ4v) is 3.32. The van der Waals surface area contributed by atoms with Crippen molar-refractivity contribution in [3.8, 4) is 11.4 Å². The van der Waals surface area contributed by atoms with E-state index in [9.17, 15) is 9.18 Å². The van der Waals surface area contributed by atoms with Crippen LogP contribution in [0, 0.1) is 18.7 Å². The van der Waals surface area contributed by atoms with Gasteiger partial charge in [-0.15, -0.1) is 0 Å². The van der Waals surface area contributed by atoms with E-state index in [1.807, 2.05) is 19.1 Å². The van der Waals surface area contributed by atoms with Crippen LogP contribution in [-0.4, -0.2) is 22.3 Å². The molecule has 2 aromatic carbocycles. The number of fused-ring (bicyclic) bond motifs is 1. The lowest BCUT2D eigenvalue weighted by molar-refractivity contribution is -0.121. The predicted octanol–water partition coefficient (Wildman–Crippen LogP) is 4.16. The van der Waals surface area contributed by atoms with Crippen LogP contribution >= 0.6 is 11.6 Å². The van der Waals surface area contributed by atoms with Crippen molar-refractivity contribution in [3.63, 3.8) is 0 Å². The molecule has 0 bridgehead atoms. The molecular weight excluding hydrogens is 369 g/mol. The summed E-state index contributed by atoms with van der Waals surface area (Å²) in [6.45, 7) is 2.13. The average molecular weight is 386 g/mol. The number of rotatable bonds is 3. The third-order valence-corrected chi connectivity index (χ3v) is 4.69. The lowest BCUT2D eigenvalue weighted by Crippen LogP contribution is -2.33. The molecule has 0 saturated heterocycles. The highest BCUT2D eigenvalue weighted by Crippen LogP contribution is 2.30. The Hall–Kier alpha value is -2.86. The highest BCUT2D eigenvalue weighted by atomic mass is 35.5. The van der Waals surface area contributed by atoms with Crippen LogP contribution < -0.4 is 10.1 Å². The molecule has 27 heavy (non-hydrogen) atoms. The number of benzene rings is 2. The van der Waals surface area contributed by atoms with E-state index in [1.54, 1.807) is 28.9 Å². The van der Waals surface area contributed by atoms with Crippen LogP contribution in [0.15, 0.2) is 48.5 Å². The Morgan fingerprint density at radius 3 is 2.81 bits per heavy atom. The molecule has 1 aliphatic rings. The lowest BCUT2D eigenvalue weighted by Gasteiger charge is -2.24. The molecule has 0 spiro atoms. The van der Waals surface area contributed by atoms with Crippen molar-refractivity contribution in [2.24, 2.45) is 5.92 Å². The average Bonchev–Trinajstić information content (AvgIpc) is 3.01. The summed E-state index contributed by atoms with van der Waals surface area (Å²) in [6, 6.07) is 13.1. The molecule has 0 aliphatic carbocycles. The first-order valence-corrected chi connectivity index (χ1v) is 8.92. The number of hydrogen-bond acceptors (Lipinski definition) is 3. The zero-order valence-corrected chi connectivity index (χ0v) is 15.3. The first-order chi connectivity index (χ1) is 13.0. The van der Waals surface area contributed by atoms with E-state index < -0.39 is 0 Å². The second kappa shape index (κ2) is 7.04. The van der Waals surface area contributed by atoms with E-state index in [0.717, 1.165) is 17.0 Å². The van der Waals surface area contributed by atoms with E-state index in [0.29, 0.717) is 29.6 Å². The normalized spacial score (nSPS) is 15.7. The van der Waals surface area contributed by atoms with E-state index in [1.165, 1.54) is 12.1 Å². The summed E-state index contributed by atoms with van der Waals surface area (Å²) < 4.78 is 20.5. The van der Waals surface area contributed by atoms with E-state index in [4.69, 9.17) is 16.3 Å².